The lowest BCUT2D eigenvalue weighted by atomic mass is 10.1. The number of carbonyl (C=O) groups is 1. The SMILES string of the molecule is COc1ccc(CCNC(=O)CN(c2ccc(C)c(Cl)c2)S(=O)(=O)c2cc(C)ccc2OC)cc1. The van der Waals surface area contributed by atoms with E-state index in [0.29, 0.717) is 18.0 Å². The molecule has 7 nitrogen and oxygen atoms in total. The smallest absolute Gasteiger partial charge is 0.268 e. The second-order valence-electron chi connectivity index (χ2n) is 8.05. The number of rotatable bonds is 10. The molecule has 0 aromatic heterocycles. The molecular weight excluding hydrogens is 488 g/mol. The van der Waals surface area contributed by atoms with Crippen LogP contribution in [0.15, 0.2) is 65.6 Å². The monoisotopic (exact) mass is 516 g/mol. The van der Waals surface area contributed by atoms with Gasteiger partial charge in [-0.3, -0.25) is 9.10 Å². The summed E-state index contributed by atoms with van der Waals surface area (Å²) in [4.78, 5) is 12.8. The maximum Gasteiger partial charge on any atom is 0.268 e. The zero-order valence-electron chi connectivity index (χ0n) is 20.2. The zero-order chi connectivity index (χ0) is 25.6. The Morgan fingerprint density at radius 2 is 1.69 bits per heavy atom. The first kappa shape index (κ1) is 26.4. The number of carbonyl (C=O) groups excluding carboxylic acids is 1. The molecule has 0 bridgehead atoms. The summed E-state index contributed by atoms with van der Waals surface area (Å²) in [6.45, 7) is 3.54. The maximum absolute atomic E-state index is 13.8. The minimum absolute atomic E-state index is 0.0252. The van der Waals surface area contributed by atoms with Gasteiger partial charge in [0.05, 0.1) is 19.9 Å². The number of nitrogens with zero attached hydrogens (tertiary/aromatic N) is 1. The van der Waals surface area contributed by atoms with Gasteiger partial charge >= 0.3 is 0 Å². The molecule has 0 radical (unpaired) electrons. The number of benzene rings is 3. The molecule has 0 saturated carbocycles. The Labute approximate surface area is 211 Å². The molecule has 9 heteroatoms. The van der Waals surface area contributed by atoms with E-state index in [1.807, 2.05) is 31.2 Å². The minimum atomic E-state index is -4.15. The number of aryl methyl sites for hydroxylation is 2. The molecule has 186 valence electrons. The van der Waals surface area contributed by atoms with E-state index in [-0.39, 0.29) is 16.3 Å². The topological polar surface area (TPSA) is 84.9 Å². The lowest BCUT2D eigenvalue weighted by Crippen LogP contribution is -2.41. The van der Waals surface area contributed by atoms with Crippen LogP contribution in [0, 0.1) is 13.8 Å². The predicted molar refractivity (Wildman–Crippen MR) is 138 cm³/mol. The van der Waals surface area contributed by atoms with E-state index in [4.69, 9.17) is 21.1 Å². The van der Waals surface area contributed by atoms with Crippen LogP contribution in [-0.4, -0.2) is 41.6 Å². The van der Waals surface area contributed by atoms with Crippen molar-refractivity contribution < 1.29 is 22.7 Å². The fraction of sp³-hybridized carbons (Fsp3) is 0.269. The molecule has 0 aliphatic carbocycles. The Kier molecular flexibility index (Phi) is 8.64. The van der Waals surface area contributed by atoms with Gasteiger partial charge in [0.25, 0.3) is 10.0 Å². The summed E-state index contributed by atoms with van der Waals surface area (Å²) in [6.07, 6.45) is 0.588. The van der Waals surface area contributed by atoms with Crippen LogP contribution in [0.25, 0.3) is 0 Å². The van der Waals surface area contributed by atoms with Gasteiger partial charge in [0, 0.05) is 11.6 Å². The molecule has 0 spiro atoms. The van der Waals surface area contributed by atoms with Gasteiger partial charge in [-0.15, -0.1) is 0 Å². The minimum Gasteiger partial charge on any atom is -0.497 e. The summed E-state index contributed by atoms with van der Waals surface area (Å²) < 4.78 is 39.0. The van der Waals surface area contributed by atoms with Crippen LogP contribution < -0.4 is 19.1 Å². The first-order valence-electron chi connectivity index (χ1n) is 11.0. The van der Waals surface area contributed by atoms with Gasteiger partial charge in [-0.2, -0.15) is 0 Å². The molecule has 0 atom stereocenters. The van der Waals surface area contributed by atoms with E-state index in [1.54, 1.807) is 44.4 Å². The van der Waals surface area contributed by atoms with Crippen molar-refractivity contribution in [2.45, 2.75) is 25.2 Å². The molecule has 1 amide bonds. The van der Waals surface area contributed by atoms with Crippen LogP contribution in [0.4, 0.5) is 5.69 Å². The van der Waals surface area contributed by atoms with Gasteiger partial charge < -0.3 is 14.8 Å². The molecule has 0 unspecified atom stereocenters. The number of hydrogen-bond donors (Lipinski definition) is 1. The standard InChI is InChI=1S/C26H29ClN2O5S/c1-18-5-12-24(34-4)25(15-18)35(31,32)29(21-9-6-19(2)23(27)16-21)17-26(30)28-14-13-20-7-10-22(33-3)11-8-20/h5-12,15-16H,13-14,17H2,1-4H3,(H,28,30). The first-order valence-corrected chi connectivity index (χ1v) is 12.8. The Bertz CT molecular complexity index is 1290. The van der Waals surface area contributed by atoms with Gasteiger partial charge in [-0.1, -0.05) is 35.9 Å². The number of hydrogen-bond acceptors (Lipinski definition) is 5. The van der Waals surface area contributed by atoms with Crippen LogP contribution in [0.5, 0.6) is 11.5 Å². The number of nitrogens with one attached hydrogen (secondary N) is 1. The highest BCUT2D eigenvalue weighted by Crippen LogP contribution is 2.32. The van der Waals surface area contributed by atoms with Crippen molar-refractivity contribution in [1.82, 2.24) is 5.32 Å². The maximum atomic E-state index is 13.8. The molecular formula is C26H29ClN2O5S. The molecule has 35 heavy (non-hydrogen) atoms. The molecule has 0 saturated heterocycles. The Morgan fingerprint density at radius 1 is 0.971 bits per heavy atom. The molecule has 0 heterocycles. The first-order chi connectivity index (χ1) is 16.6. The number of methoxy groups -OCH3 is 2. The van der Waals surface area contributed by atoms with Crippen molar-refractivity contribution in [2.75, 3.05) is 31.6 Å². The Morgan fingerprint density at radius 3 is 2.31 bits per heavy atom. The normalized spacial score (nSPS) is 11.1. The van der Waals surface area contributed by atoms with E-state index >= 15 is 0 Å². The summed E-state index contributed by atoms with van der Waals surface area (Å²) in [6, 6.07) is 17.3. The van der Waals surface area contributed by atoms with E-state index in [1.165, 1.54) is 13.2 Å². The largest absolute Gasteiger partial charge is 0.497 e. The lowest BCUT2D eigenvalue weighted by molar-refractivity contribution is -0.119. The third-order valence-corrected chi connectivity index (χ3v) is 7.71. The molecule has 0 aliphatic heterocycles. The predicted octanol–water partition coefficient (Wildman–Crippen LogP) is 4.53. The summed E-state index contributed by atoms with van der Waals surface area (Å²) in [5.74, 6) is 0.506. The van der Waals surface area contributed by atoms with Gasteiger partial charge in [-0.05, 0) is 73.4 Å². The van der Waals surface area contributed by atoms with Gasteiger partial charge in [0.1, 0.15) is 22.9 Å². The fourth-order valence-electron chi connectivity index (χ4n) is 3.48. The lowest BCUT2D eigenvalue weighted by Gasteiger charge is -2.25. The highest BCUT2D eigenvalue weighted by atomic mass is 35.5. The summed E-state index contributed by atoms with van der Waals surface area (Å²) in [5, 5.41) is 3.21. The van der Waals surface area contributed by atoms with Gasteiger partial charge in [0.15, 0.2) is 0 Å². The van der Waals surface area contributed by atoms with Crippen LogP contribution >= 0.6 is 11.6 Å². The number of anilines is 1. The average molecular weight is 517 g/mol. The molecule has 3 aromatic rings. The van der Waals surface area contributed by atoms with Crippen LogP contribution in [0.1, 0.15) is 16.7 Å². The summed E-state index contributed by atoms with van der Waals surface area (Å²) in [7, 11) is -1.15. The summed E-state index contributed by atoms with van der Waals surface area (Å²) in [5.41, 5.74) is 2.85. The fourth-order valence-corrected chi connectivity index (χ4v) is 5.31. The third kappa shape index (κ3) is 6.46. The van der Waals surface area contributed by atoms with Gasteiger partial charge in [0.2, 0.25) is 5.91 Å². The molecule has 0 fully saturated rings. The molecule has 3 aromatic carbocycles. The molecule has 0 aliphatic rings. The molecule has 3 rings (SSSR count). The van der Waals surface area contributed by atoms with E-state index < -0.39 is 22.5 Å². The van der Waals surface area contributed by atoms with Gasteiger partial charge in [-0.25, -0.2) is 8.42 Å². The third-order valence-electron chi connectivity index (χ3n) is 5.51. The van der Waals surface area contributed by atoms with Crippen molar-refractivity contribution in [2.24, 2.45) is 0 Å². The highest BCUT2D eigenvalue weighted by Gasteiger charge is 2.30. The number of sulfonamides is 1. The Hall–Kier alpha value is -3.23. The van der Waals surface area contributed by atoms with E-state index in [0.717, 1.165) is 26.7 Å². The molecule has 1 N–H and O–H groups in total. The van der Waals surface area contributed by atoms with Crippen LogP contribution in [-0.2, 0) is 21.2 Å². The number of halogens is 1. The Balaban J connectivity index is 1.85. The average Bonchev–Trinajstić information content (AvgIpc) is 2.84. The van der Waals surface area contributed by atoms with E-state index in [2.05, 4.69) is 5.32 Å². The van der Waals surface area contributed by atoms with Crippen molar-refractivity contribution in [3.05, 3.63) is 82.4 Å². The highest BCUT2D eigenvalue weighted by molar-refractivity contribution is 7.93. The second kappa shape index (κ2) is 11.5. The number of ether oxygens (including phenoxy) is 2. The van der Waals surface area contributed by atoms with Crippen molar-refractivity contribution in [3.8, 4) is 11.5 Å². The summed E-state index contributed by atoms with van der Waals surface area (Å²) >= 11 is 6.29. The quantitative estimate of drug-likeness (QED) is 0.428. The van der Waals surface area contributed by atoms with Crippen molar-refractivity contribution in [3.63, 3.8) is 0 Å². The van der Waals surface area contributed by atoms with Crippen molar-refractivity contribution >= 4 is 33.2 Å². The van der Waals surface area contributed by atoms with Crippen LogP contribution in [0.2, 0.25) is 5.02 Å². The zero-order valence-corrected chi connectivity index (χ0v) is 21.7. The number of amides is 1. The second-order valence-corrected chi connectivity index (χ2v) is 10.3. The van der Waals surface area contributed by atoms with E-state index in [9.17, 15) is 13.2 Å². The van der Waals surface area contributed by atoms with Crippen molar-refractivity contribution in [1.29, 1.82) is 0 Å². The van der Waals surface area contributed by atoms with Crippen LogP contribution in [0.3, 0.4) is 0 Å².